The number of rotatable bonds is 4. The molecule has 0 amide bonds. The molecule has 54 valence electrons. The molecule has 0 bridgehead atoms. The molecule has 0 spiro atoms. The van der Waals surface area contributed by atoms with Crippen LogP contribution in [-0.2, 0) is 13.0 Å². The molecule has 0 fully saturated rings. The molecule has 0 aromatic carbocycles. The van der Waals surface area contributed by atoms with Crippen molar-refractivity contribution >= 4 is 18.6 Å². The molecule has 0 aliphatic rings. The Morgan fingerprint density at radius 1 is 1.22 bits per heavy atom. The molecular formula is C4H12O3Si2. The highest BCUT2D eigenvalue weighted by atomic mass is 28.4. The maximum Gasteiger partial charge on any atom is 0.423 e. The highest BCUT2D eigenvalue weighted by Crippen LogP contribution is 2.01. The Bertz CT molecular complexity index is 76.2. The first-order valence-electron chi connectivity index (χ1n) is 2.63. The maximum absolute atomic E-state index is 5.25. The Balaban J connectivity index is 3.33. The number of hydrogen-bond acceptors (Lipinski definition) is 3. The Labute approximate surface area is 59.6 Å². The van der Waals surface area contributed by atoms with Crippen LogP contribution in [0, 0.1) is 0 Å². The van der Waals surface area contributed by atoms with Crippen molar-refractivity contribution in [2.75, 3.05) is 14.2 Å². The van der Waals surface area contributed by atoms with Gasteiger partial charge in [-0.3, -0.25) is 0 Å². The van der Waals surface area contributed by atoms with E-state index in [9.17, 15) is 0 Å². The van der Waals surface area contributed by atoms with Gasteiger partial charge in [0.2, 0.25) is 0 Å². The molecule has 0 heterocycles. The summed E-state index contributed by atoms with van der Waals surface area (Å²) in [6.45, 7) is 3.94. The molecule has 5 heteroatoms. The first kappa shape index (κ1) is 9.31. The lowest BCUT2D eigenvalue weighted by molar-refractivity contribution is 0.282. The Kier molecular flexibility index (Phi) is 4.33. The fraction of sp³-hybridized carbons (Fsp3) is 1.00. The minimum Gasteiger partial charge on any atom is -0.413 e. The van der Waals surface area contributed by atoms with Crippen LogP contribution in [0.5, 0.6) is 0 Å². The van der Waals surface area contributed by atoms with Gasteiger partial charge in [-0.1, -0.05) is 0 Å². The van der Waals surface area contributed by atoms with Gasteiger partial charge in [0.1, 0.15) is 0 Å². The first-order valence-corrected chi connectivity index (χ1v) is 6.27. The zero-order valence-corrected chi connectivity index (χ0v) is 8.22. The topological polar surface area (TPSA) is 27.7 Å². The summed E-state index contributed by atoms with van der Waals surface area (Å²) in [6.07, 6.45) is 0. The molecular weight excluding hydrogens is 152 g/mol. The van der Waals surface area contributed by atoms with Crippen LogP contribution in [0.2, 0.25) is 13.1 Å². The van der Waals surface area contributed by atoms with Crippen LogP contribution in [0.1, 0.15) is 0 Å². The van der Waals surface area contributed by atoms with Crippen LogP contribution in [0.15, 0.2) is 0 Å². The van der Waals surface area contributed by atoms with E-state index in [-0.39, 0.29) is 10.0 Å². The summed E-state index contributed by atoms with van der Waals surface area (Å²) in [6, 6.07) is 0. The minimum absolute atomic E-state index is 0.110. The normalized spacial score (nSPS) is 12.0. The summed E-state index contributed by atoms with van der Waals surface area (Å²) >= 11 is 0. The smallest absolute Gasteiger partial charge is 0.413 e. The molecule has 0 unspecified atom stereocenters. The van der Waals surface area contributed by atoms with E-state index in [4.69, 9.17) is 13.0 Å². The van der Waals surface area contributed by atoms with Gasteiger partial charge >= 0.3 is 18.6 Å². The summed E-state index contributed by atoms with van der Waals surface area (Å²) in [5, 5.41) is 0. The minimum atomic E-state index is -1.81. The van der Waals surface area contributed by atoms with Crippen molar-refractivity contribution in [3.63, 3.8) is 0 Å². The Hall–Kier alpha value is 0.314. The Morgan fingerprint density at radius 2 is 1.78 bits per heavy atom. The molecule has 0 aliphatic carbocycles. The summed E-state index contributed by atoms with van der Waals surface area (Å²) in [4.78, 5) is 0. The molecule has 9 heavy (non-hydrogen) atoms. The number of hydrogen-bond donors (Lipinski definition) is 0. The molecule has 2 radical (unpaired) electrons. The largest absolute Gasteiger partial charge is 0.423 e. The van der Waals surface area contributed by atoms with E-state index in [1.54, 1.807) is 14.2 Å². The van der Waals surface area contributed by atoms with E-state index in [1.807, 2.05) is 13.1 Å². The van der Waals surface area contributed by atoms with Crippen LogP contribution in [0.3, 0.4) is 0 Å². The van der Waals surface area contributed by atoms with Gasteiger partial charge in [-0.15, -0.1) is 0 Å². The summed E-state index contributed by atoms with van der Waals surface area (Å²) < 4.78 is 15.1. The molecule has 0 aliphatic heterocycles. The van der Waals surface area contributed by atoms with Gasteiger partial charge in [0.15, 0.2) is 0 Å². The molecule has 0 atom stereocenters. The highest BCUT2D eigenvalue weighted by molar-refractivity contribution is 6.68. The van der Waals surface area contributed by atoms with Crippen LogP contribution in [0.4, 0.5) is 0 Å². The molecule has 3 nitrogen and oxygen atoms in total. The van der Waals surface area contributed by atoms with Gasteiger partial charge in [0.25, 0.3) is 0 Å². The lowest BCUT2D eigenvalue weighted by Crippen LogP contribution is -2.35. The SMILES string of the molecule is CO[Si]O[Si](C)(C)OC. The van der Waals surface area contributed by atoms with Crippen LogP contribution < -0.4 is 0 Å². The molecule has 0 N–H and O–H groups in total. The van der Waals surface area contributed by atoms with E-state index in [0.717, 1.165) is 0 Å². The van der Waals surface area contributed by atoms with Crippen molar-refractivity contribution in [1.29, 1.82) is 0 Å². The predicted molar refractivity (Wildman–Crippen MR) is 38.3 cm³/mol. The van der Waals surface area contributed by atoms with E-state index in [0.29, 0.717) is 0 Å². The monoisotopic (exact) mass is 164 g/mol. The standard InChI is InChI=1S/C4H12O3Si2/c1-5-8-7-9(3,4)6-2/h1-4H3. The lowest BCUT2D eigenvalue weighted by atomic mass is 11.8. The second kappa shape index (κ2) is 4.18. The van der Waals surface area contributed by atoms with Crippen LogP contribution >= 0.6 is 0 Å². The van der Waals surface area contributed by atoms with Crippen molar-refractivity contribution in [2.24, 2.45) is 0 Å². The van der Waals surface area contributed by atoms with E-state index >= 15 is 0 Å². The van der Waals surface area contributed by atoms with Gasteiger partial charge in [-0.25, -0.2) is 0 Å². The first-order chi connectivity index (χ1) is 4.12. The molecule has 0 saturated carbocycles. The van der Waals surface area contributed by atoms with Crippen molar-refractivity contribution in [3.8, 4) is 0 Å². The second-order valence-corrected chi connectivity index (χ2v) is 6.59. The third-order valence-electron chi connectivity index (χ3n) is 0.862. The fourth-order valence-corrected chi connectivity index (χ4v) is 1.65. The molecule has 0 aromatic rings. The maximum atomic E-state index is 5.25. The fourth-order valence-electron chi connectivity index (χ4n) is 0.184. The molecule has 0 saturated heterocycles. The average Bonchev–Trinajstić information content (AvgIpc) is 1.84. The van der Waals surface area contributed by atoms with E-state index in [2.05, 4.69) is 0 Å². The second-order valence-electron chi connectivity index (χ2n) is 1.99. The molecule has 0 rings (SSSR count). The quantitative estimate of drug-likeness (QED) is 0.567. The van der Waals surface area contributed by atoms with Crippen molar-refractivity contribution in [1.82, 2.24) is 0 Å². The van der Waals surface area contributed by atoms with Crippen molar-refractivity contribution < 1.29 is 13.0 Å². The zero-order chi connectivity index (χ0) is 7.33. The average molecular weight is 164 g/mol. The van der Waals surface area contributed by atoms with E-state index < -0.39 is 8.56 Å². The molecule has 0 aromatic heterocycles. The van der Waals surface area contributed by atoms with Gasteiger partial charge in [0, 0.05) is 14.2 Å². The van der Waals surface area contributed by atoms with Crippen LogP contribution in [-0.4, -0.2) is 32.8 Å². The van der Waals surface area contributed by atoms with E-state index in [1.165, 1.54) is 0 Å². The third kappa shape index (κ3) is 4.79. The van der Waals surface area contributed by atoms with Gasteiger partial charge in [-0.05, 0) is 13.1 Å². The van der Waals surface area contributed by atoms with Gasteiger partial charge < -0.3 is 13.0 Å². The van der Waals surface area contributed by atoms with Crippen LogP contribution in [0.25, 0.3) is 0 Å². The highest BCUT2D eigenvalue weighted by Gasteiger charge is 2.22. The van der Waals surface area contributed by atoms with Crippen molar-refractivity contribution in [3.05, 3.63) is 0 Å². The summed E-state index contributed by atoms with van der Waals surface area (Å²) in [7, 11) is 1.57. The summed E-state index contributed by atoms with van der Waals surface area (Å²) in [5.41, 5.74) is 0. The van der Waals surface area contributed by atoms with Gasteiger partial charge in [0.05, 0.1) is 0 Å². The third-order valence-corrected chi connectivity index (χ3v) is 4.31. The Morgan fingerprint density at radius 3 is 2.11 bits per heavy atom. The zero-order valence-electron chi connectivity index (χ0n) is 6.22. The predicted octanol–water partition coefficient (Wildman–Crippen LogP) is 0.532. The lowest BCUT2D eigenvalue weighted by Gasteiger charge is -2.18. The summed E-state index contributed by atoms with van der Waals surface area (Å²) in [5.74, 6) is 0. The van der Waals surface area contributed by atoms with Gasteiger partial charge in [-0.2, -0.15) is 0 Å². The van der Waals surface area contributed by atoms with Crippen molar-refractivity contribution in [2.45, 2.75) is 13.1 Å².